The summed E-state index contributed by atoms with van der Waals surface area (Å²) in [5, 5.41) is 19.9. The number of aromatic nitrogens is 4. The molecule has 2 aromatic heterocycles. The highest BCUT2D eigenvalue weighted by Crippen LogP contribution is 2.33. The third-order valence-electron chi connectivity index (χ3n) is 4.66. The standard InChI is InChI=1S/C22H22N4OS/c1-3-26-21(24-25-22(26)28-13-12-27)18-14-20(16-10-8-15(2)9-11-16)23-19-7-5-4-6-17(18)19/h4-11,14,27H,3,12-13H2,1-2H3. The van der Waals surface area contributed by atoms with E-state index in [1.165, 1.54) is 17.3 Å². The first-order valence-corrected chi connectivity index (χ1v) is 10.3. The largest absolute Gasteiger partial charge is 0.396 e. The highest BCUT2D eigenvalue weighted by Gasteiger charge is 2.17. The van der Waals surface area contributed by atoms with Gasteiger partial charge in [0.2, 0.25) is 0 Å². The minimum atomic E-state index is 0.117. The number of pyridine rings is 1. The van der Waals surface area contributed by atoms with Crippen LogP contribution in [0.15, 0.2) is 59.8 Å². The van der Waals surface area contributed by atoms with Gasteiger partial charge in [0.1, 0.15) is 0 Å². The van der Waals surface area contributed by atoms with Crippen LogP contribution in [0, 0.1) is 6.92 Å². The fourth-order valence-electron chi connectivity index (χ4n) is 3.25. The number of thioether (sulfide) groups is 1. The van der Waals surface area contributed by atoms with E-state index in [0.29, 0.717) is 5.75 Å². The topological polar surface area (TPSA) is 63.8 Å². The molecule has 4 rings (SSSR count). The predicted molar refractivity (Wildman–Crippen MR) is 114 cm³/mol. The summed E-state index contributed by atoms with van der Waals surface area (Å²) in [4.78, 5) is 4.88. The summed E-state index contributed by atoms with van der Waals surface area (Å²) in [5.41, 5.74) is 5.18. The van der Waals surface area contributed by atoms with E-state index in [2.05, 4.69) is 65.0 Å². The maximum absolute atomic E-state index is 9.15. The number of aryl methyl sites for hydroxylation is 1. The Balaban J connectivity index is 1.91. The molecule has 0 amide bonds. The second-order valence-electron chi connectivity index (χ2n) is 6.56. The molecule has 0 bridgehead atoms. The normalized spacial score (nSPS) is 11.2. The molecule has 2 aromatic carbocycles. The van der Waals surface area contributed by atoms with Crippen molar-refractivity contribution in [2.45, 2.75) is 25.5 Å². The van der Waals surface area contributed by atoms with Gasteiger partial charge in [0.05, 0.1) is 17.8 Å². The maximum Gasteiger partial charge on any atom is 0.191 e. The first kappa shape index (κ1) is 18.7. The van der Waals surface area contributed by atoms with Gasteiger partial charge in [-0.15, -0.1) is 10.2 Å². The zero-order valence-corrected chi connectivity index (χ0v) is 16.8. The predicted octanol–water partition coefficient (Wildman–Crippen LogP) is 4.57. The molecule has 0 saturated carbocycles. The van der Waals surface area contributed by atoms with Gasteiger partial charge < -0.3 is 9.67 Å². The molecular weight excluding hydrogens is 368 g/mol. The summed E-state index contributed by atoms with van der Waals surface area (Å²) in [6.45, 7) is 5.04. The second-order valence-corrected chi connectivity index (χ2v) is 7.62. The highest BCUT2D eigenvalue weighted by atomic mass is 32.2. The van der Waals surface area contributed by atoms with Gasteiger partial charge in [0.25, 0.3) is 0 Å². The van der Waals surface area contributed by atoms with Gasteiger partial charge in [-0.2, -0.15) is 0 Å². The van der Waals surface area contributed by atoms with Crippen LogP contribution >= 0.6 is 11.8 Å². The Labute approximate surface area is 168 Å². The number of rotatable bonds is 6. The van der Waals surface area contributed by atoms with Crippen molar-refractivity contribution in [3.05, 3.63) is 60.2 Å². The van der Waals surface area contributed by atoms with E-state index in [1.807, 2.05) is 18.2 Å². The Morgan fingerprint density at radius 3 is 2.57 bits per heavy atom. The van der Waals surface area contributed by atoms with Crippen molar-refractivity contribution >= 4 is 22.7 Å². The Bertz CT molecular complexity index is 1110. The van der Waals surface area contributed by atoms with Gasteiger partial charge in [-0.25, -0.2) is 4.98 Å². The average Bonchev–Trinajstić information content (AvgIpc) is 3.14. The molecule has 28 heavy (non-hydrogen) atoms. The van der Waals surface area contributed by atoms with Crippen LogP contribution in [0.5, 0.6) is 0 Å². The van der Waals surface area contributed by atoms with Gasteiger partial charge in [0, 0.05) is 28.8 Å². The fraction of sp³-hybridized carbons (Fsp3) is 0.227. The number of fused-ring (bicyclic) bond motifs is 1. The number of nitrogens with zero attached hydrogens (tertiary/aromatic N) is 4. The van der Waals surface area contributed by atoms with E-state index in [9.17, 15) is 0 Å². The summed E-state index contributed by atoms with van der Waals surface area (Å²) in [7, 11) is 0. The molecule has 142 valence electrons. The van der Waals surface area contributed by atoms with E-state index in [0.717, 1.165) is 45.2 Å². The fourth-order valence-corrected chi connectivity index (χ4v) is 3.99. The molecule has 0 aliphatic carbocycles. The van der Waals surface area contributed by atoms with Gasteiger partial charge >= 0.3 is 0 Å². The SMILES string of the molecule is CCn1c(SCCO)nnc1-c1cc(-c2ccc(C)cc2)nc2ccccc12. The average molecular weight is 391 g/mol. The molecule has 0 spiro atoms. The molecular formula is C22H22N4OS. The van der Waals surface area contributed by atoms with Crippen molar-refractivity contribution in [3.8, 4) is 22.6 Å². The lowest BCUT2D eigenvalue weighted by Crippen LogP contribution is -2.02. The molecule has 4 aromatic rings. The van der Waals surface area contributed by atoms with Crippen LogP contribution in [-0.4, -0.2) is 37.2 Å². The molecule has 6 heteroatoms. The van der Waals surface area contributed by atoms with Crippen LogP contribution in [0.3, 0.4) is 0 Å². The number of aliphatic hydroxyl groups is 1. The van der Waals surface area contributed by atoms with Gasteiger partial charge in [-0.3, -0.25) is 0 Å². The van der Waals surface area contributed by atoms with E-state index in [1.54, 1.807) is 0 Å². The van der Waals surface area contributed by atoms with Crippen LogP contribution in [0.2, 0.25) is 0 Å². The third-order valence-corrected chi connectivity index (χ3v) is 5.61. The molecule has 0 saturated heterocycles. The zero-order chi connectivity index (χ0) is 19.5. The first-order valence-electron chi connectivity index (χ1n) is 9.35. The van der Waals surface area contributed by atoms with Crippen LogP contribution in [0.4, 0.5) is 0 Å². The van der Waals surface area contributed by atoms with Gasteiger partial charge in [-0.05, 0) is 26.0 Å². The molecule has 0 unspecified atom stereocenters. The maximum atomic E-state index is 9.15. The lowest BCUT2D eigenvalue weighted by Gasteiger charge is -2.12. The number of hydrogen-bond donors (Lipinski definition) is 1. The van der Waals surface area contributed by atoms with E-state index in [4.69, 9.17) is 10.1 Å². The Morgan fingerprint density at radius 2 is 1.82 bits per heavy atom. The van der Waals surface area contributed by atoms with Crippen molar-refractivity contribution in [2.75, 3.05) is 12.4 Å². The smallest absolute Gasteiger partial charge is 0.191 e. The van der Waals surface area contributed by atoms with E-state index >= 15 is 0 Å². The third kappa shape index (κ3) is 3.53. The minimum Gasteiger partial charge on any atom is -0.396 e. The summed E-state index contributed by atoms with van der Waals surface area (Å²) in [6, 6.07) is 18.6. The van der Waals surface area contributed by atoms with Crippen molar-refractivity contribution in [2.24, 2.45) is 0 Å². The highest BCUT2D eigenvalue weighted by molar-refractivity contribution is 7.99. The lowest BCUT2D eigenvalue weighted by molar-refractivity contribution is 0.322. The van der Waals surface area contributed by atoms with Crippen molar-refractivity contribution in [1.82, 2.24) is 19.7 Å². The number of para-hydroxylation sites is 1. The van der Waals surface area contributed by atoms with Crippen LogP contribution in [-0.2, 0) is 6.54 Å². The molecule has 0 aliphatic heterocycles. The molecule has 0 aliphatic rings. The minimum absolute atomic E-state index is 0.117. The number of aliphatic hydroxyl groups excluding tert-OH is 1. The summed E-state index contributed by atoms with van der Waals surface area (Å²) in [6.07, 6.45) is 0. The second kappa shape index (κ2) is 8.12. The van der Waals surface area contributed by atoms with Gasteiger partial charge in [0.15, 0.2) is 11.0 Å². The van der Waals surface area contributed by atoms with Crippen molar-refractivity contribution in [3.63, 3.8) is 0 Å². The summed E-state index contributed by atoms with van der Waals surface area (Å²) >= 11 is 1.52. The molecule has 5 nitrogen and oxygen atoms in total. The van der Waals surface area contributed by atoms with Crippen molar-refractivity contribution < 1.29 is 5.11 Å². The van der Waals surface area contributed by atoms with Crippen molar-refractivity contribution in [1.29, 1.82) is 0 Å². The zero-order valence-electron chi connectivity index (χ0n) is 16.0. The molecule has 0 radical (unpaired) electrons. The van der Waals surface area contributed by atoms with Gasteiger partial charge in [-0.1, -0.05) is 59.8 Å². The Morgan fingerprint density at radius 1 is 1.04 bits per heavy atom. The number of hydrogen-bond acceptors (Lipinski definition) is 5. The first-order chi connectivity index (χ1) is 13.7. The van der Waals surface area contributed by atoms with Crippen LogP contribution in [0.1, 0.15) is 12.5 Å². The van der Waals surface area contributed by atoms with E-state index in [-0.39, 0.29) is 6.61 Å². The molecule has 0 atom stereocenters. The summed E-state index contributed by atoms with van der Waals surface area (Å²) < 4.78 is 2.10. The van der Waals surface area contributed by atoms with E-state index < -0.39 is 0 Å². The Hall–Kier alpha value is -2.70. The van der Waals surface area contributed by atoms with Crippen LogP contribution < -0.4 is 0 Å². The lowest BCUT2D eigenvalue weighted by atomic mass is 10.0. The summed E-state index contributed by atoms with van der Waals surface area (Å²) in [5.74, 6) is 1.43. The quantitative estimate of drug-likeness (QED) is 0.489. The number of benzene rings is 2. The Kier molecular flexibility index (Phi) is 5.41. The molecule has 1 N–H and O–H groups in total. The molecule has 0 fully saturated rings. The van der Waals surface area contributed by atoms with Crippen LogP contribution in [0.25, 0.3) is 33.5 Å². The monoisotopic (exact) mass is 390 g/mol. The molecule has 2 heterocycles.